The molecule has 1 saturated heterocycles. The van der Waals surface area contributed by atoms with E-state index in [4.69, 9.17) is 35.4 Å². The predicted octanol–water partition coefficient (Wildman–Crippen LogP) is 5.42. The maximum absolute atomic E-state index is 12.4. The van der Waals surface area contributed by atoms with Crippen molar-refractivity contribution in [3.63, 3.8) is 0 Å². The van der Waals surface area contributed by atoms with Crippen molar-refractivity contribution in [3.05, 3.63) is 57.6 Å². The van der Waals surface area contributed by atoms with E-state index in [2.05, 4.69) is 15.5 Å². The average molecular weight is 422 g/mol. The molecule has 3 rings (SSSR count). The fourth-order valence-corrected chi connectivity index (χ4v) is 3.80. The first-order valence-electron chi connectivity index (χ1n) is 8.87. The molecule has 1 amide bonds. The minimum atomic E-state index is -0.309. The molecule has 2 aromatic carbocycles. The molecule has 1 heterocycles. The Labute approximate surface area is 174 Å². The largest absolute Gasteiger partial charge is 0.369 e. The number of piperidine rings is 1. The third-order valence-corrected chi connectivity index (χ3v) is 5.48. The first-order valence-corrected chi connectivity index (χ1v) is 10.0. The van der Waals surface area contributed by atoms with Crippen LogP contribution in [0.5, 0.6) is 0 Å². The molecule has 2 N–H and O–H groups in total. The summed E-state index contributed by atoms with van der Waals surface area (Å²) in [5, 5.41) is 7.25. The smallest absolute Gasteiger partial charge is 0.257 e. The number of halogens is 2. The van der Waals surface area contributed by atoms with Gasteiger partial charge in [0, 0.05) is 23.7 Å². The summed E-state index contributed by atoms with van der Waals surface area (Å²) in [6, 6.07) is 10.8. The minimum Gasteiger partial charge on any atom is -0.369 e. The number of thiocarbonyl (C=S) groups is 1. The summed E-state index contributed by atoms with van der Waals surface area (Å²) in [5.41, 5.74) is 3.08. The summed E-state index contributed by atoms with van der Waals surface area (Å²) in [7, 11) is 0. The first kappa shape index (κ1) is 19.9. The highest BCUT2D eigenvalue weighted by atomic mass is 35.5. The van der Waals surface area contributed by atoms with Gasteiger partial charge in [-0.1, -0.05) is 35.3 Å². The molecule has 7 heteroatoms. The molecule has 1 fully saturated rings. The van der Waals surface area contributed by atoms with E-state index in [0.717, 1.165) is 42.9 Å². The minimum absolute atomic E-state index is 0.220. The average Bonchev–Trinajstić information content (AvgIpc) is 2.64. The lowest BCUT2D eigenvalue weighted by molar-refractivity contribution is 0.0977. The fourth-order valence-electron chi connectivity index (χ4n) is 3.12. The lowest BCUT2D eigenvalue weighted by atomic mass is 10.1. The molecule has 27 heavy (non-hydrogen) atoms. The van der Waals surface area contributed by atoms with Gasteiger partial charge < -0.3 is 10.2 Å². The number of nitrogens with one attached hydrogen (secondary N) is 2. The topological polar surface area (TPSA) is 44.4 Å². The Morgan fingerprint density at radius 3 is 2.52 bits per heavy atom. The monoisotopic (exact) mass is 421 g/mol. The van der Waals surface area contributed by atoms with Crippen LogP contribution in [-0.4, -0.2) is 24.1 Å². The van der Waals surface area contributed by atoms with Gasteiger partial charge in [-0.25, -0.2) is 0 Å². The van der Waals surface area contributed by atoms with Gasteiger partial charge in [0.05, 0.1) is 16.4 Å². The molecule has 0 unspecified atom stereocenters. The van der Waals surface area contributed by atoms with E-state index in [-0.39, 0.29) is 11.0 Å². The van der Waals surface area contributed by atoms with Crippen molar-refractivity contribution in [2.24, 2.45) is 0 Å². The number of amides is 1. The Balaban J connectivity index is 1.73. The molecule has 0 aliphatic carbocycles. The number of rotatable bonds is 3. The molecular formula is C20H21Cl2N3OS. The molecule has 0 saturated carbocycles. The maximum atomic E-state index is 12.4. The van der Waals surface area contributed by atoms with E-state index < -0.39 is 0 Å². The Bertz CT molecular complexity index is 866. The third-order valence-electron chi connectivity index (χ3n) is 4.57. The number of anilines is 2. The van der Waals surface area contributed by atoms with E-state index in [1.54, 1.807) is 18.2 Å². The third kappa shape index (κ3) is 4.92. The normalized spacial score (nSPS) is 14.0. The van der Waals surface area contributed by atoms with Crippen molar-refractivity contribution < 1.29 is 4.79 Å². The molecule has 2 aromatic rings. The second kappa shape index (κ2) is 8.91. The first-order chi connectivity index (χ1) is 13.0. The Kier molecular flexibility index (Phi) is 6.58. The van der Waals surface area contributed by atoms with Crippen molar-refractivity contribution in [2.75, 3.05) is 23.3 Å². The molecule has 1 aliphatic heterocycles. The molecule has 1 aliphatic rings. The van der Waals surface area contributed by atoms with Crippen molar-refractivity contribution >= 4 is 57.8 Å². The van der Waals surface area contributed by atoms with Crippen LogP contribution in [0.4, 0.5) is 11.4 Å². The zero-order chi connectivity index (χ0) is 19.4. The lowest BCUT2D eigenvalue weighted by Gasteiger charge is -2.31. The van der Waals surface area contributed by atoms with Gasteiger partial charge in [0.25, 0.3) is 5.91 Å². The SMILES string of the molecule is Cc1ccc(C(=O)NC(=S)Nc2cccc(Cl)c2N2CCCCC2)cc1Cl. The second-order valence-electron chi connectivity index (χ2n) is 6.56. The van der Waals surface area contributed by atoms with Crippen molar-refractivity contribution in [1.82, 2.24) is 5.32 Å². The highest BCUT2D eigenvalue weighted by Crippen LogP contribution is 2.35. The number of benzene rings is 2. The van der Waals surface area contributed by atoms with Crippen LogP contribution >= 0.6 is 35.4 Å². The van der Waals surface area contributed by atoms with Crippen LogP contribution in [0.2, 0.25) is 10.0 Å². The molecule has 0 aromatic heterocycles. The molecule has 0 atom stereocenters. The second-order valence-corrected chi connectivity index (χ2v) is 7.78. The molecule has 0 radical (unpaired) electrons. The summed E-state index contributed by atoms with van der Waals surface area (Å²) in [6.07, 6.45) is 3.51. The highest BCUT2D eigenvalue weighted by molar-refractivity contribution is 7.80. The Hall–Kier alpha value is -1.82. The van der Waals surface area contributed by atoms with Crippen LogP contribution < -0.4 is 15.5 Å². The number of carbonyl (C=O) groups is 1. The van der Waals surface area contributed by atoms with Crippen LogP contribution in [0.15, 0.2) is 36.4 Å². The van der Waals surface area contributed by atoms with Crippen LogP contribution in [0, 0.1) is 6.92 Å². The van der Waals surface area contributed by atoms with E-state index in [9.17, 15) is 4.79 Å². The standard InChI is InChI=1S/C20H21Cl2N3OS/c1-13-8-9-14(12-16(13)22)19(26)24-20(27)23-17-7-5-6-15(21)18(17)25-10-3-2-4-11-25/h5-9,12H,2-4,10-11H2,1H3,(H2,23,24,26,27). The van der Waals surface area contributed by atoms with Crippen LogP contribution in [-0.2, 0) is 0 Å². The molecule has 4 nitrogen and oxygen atoms in total. The van der Waals surface area contributed by atoms with Gasteiger partial charge >= 0.3 is 0 Å². The zero-order valence-electron chi connectivity index (χ0n) is 15.0. The number of aryl methyl sites for hydroxylation is 1. The summed E-state index contributed by atoms with van der Waals surface area (Å²) >= 11 is 17.9. The van der Waals surface area contributed by atoms with Crippen molar-refractivity contribution in [1.29, 1.82) is 0 Å². The molecule has 142 valence electrons. The summed E-state index contributed by atoms with van der Waals surface area (Å²) in [5.74, 6) is -0.309. The number of hydrogen-bond acceptors (Lipinski definition) is 3. The van der Waals surface area contributed by atoms with Gasteiger partial charge in [0.15, 0.2) is 5.11 Å². The van der Waals surface area contributed by atoms with E-state index in [0.29, 0.717) is 15.6 Å². The van der Waals surface area contributed by atoms with Gasteiger partial charge in [-0.2, -0.15) is 0 Å². The van der Waals surface area contributed by atoms with Crippen LogP contribution in [0.25, 0.3) is 0 Å². The van der Waals surface area contributed by atoms with E-state index >= 15 is 0 Å². The number of nitrogens with zero attached hydrogens (tertiary/aromatic N) is 1. The van der Waals surface area contributed by atoms with Gasteiger partial charge in [-0.05, 0) is 68.2 Å². The zero-order valence-corrected chi connectivity index (χ0v) is 17.3. The van der Waals surface area contributed by atoms with Gasteiger partial charge in [-0.3, -0.25) is 10.1 Å². The predicted molar refractivity (Wildman–Crippen MR) is 117 cm³/mol. The van der Waals surface area contributed by atoms with E-state index in [1.807, 2.05) is 25.1 Å². The van der Waals surface area contributed by atoms with Gasteiger partial charge in [0.1, 0.15) is 0 Å². The number of carbonyl (C=O) groups excluding carboxylic acids is 1. The Morgan fingerprint density at radius 1 is 1.07 bits per heavy atom. The van der Waals surface area contributed by atoms with E-state index in [1.165, 1.54) is 6.42 Å². The number of para-hydroxylation sites is 1. The van der Waals surface area contributed by atoms with Gasteiger partial charge in [-0.15, -0.1) is 0 Å². The summed E-state index contributed by atoms with van der Waals surface area (Å²) < 4.78 is 0. The Morgan fingerprint density at radius 2 is 1.81 bits per heavy atom. The quantitative estimate of drug-likeness (QED) is 0.649. The summed E-state index contributed by atoms with van der Waals surface area (Å²) in [4.78, 5) is 14.7. The maximum Gasteiger partial charge on any atom is 0.257 e. The lowest BCUT2D eigenvalue weighted by Crippen LogP contribution is -2.35. The van der Waals surface area contributed by atoms with Gasteiger partial charge in [0.2, 0.25) is 0 Å². The molecule has 0 spiro atoms. The molecular weight excluding hydrogens is 401 g/mol. The van der Waals surface area contributed by atoms with Crippen molar-refractivity contribution in [2.45, 2.75) is 26.2 Å². The van der Waals surface area contributed by atoms with Crippen LogP contribution in [0.3, 0.4) is 0 Å². The highest BCUT2D eigenvalue weighted by Gasteiger charge is 2.18. The summed E-state index contributed by atoms with van der Waals surface area (Å²) in [6.45, 7) is 3.80. The van der Waals surface area contributed by atoms with Crippen LogP contribution in [0.1, 0.15) is 35.2 Å². The molecule has 0 bridgehead atoms. The number of hydrogen-bond donors (Lipinski definition) is 2. The van der Waals surface area contributed by atoms with Crippen molar-refractivity contribution in [3.8, 4) is 0 Å². The fraction of sp³-hybridized carbons (Fsp3) is 0.300.